The van der Waals surface area contributed by atoms with E-state index >= 15 is 0 Å². The van der Waals surface area contributed by atoms with Gasteiger partial charge in [0.15, 0.2) is 0 Å². The molecule has 3 heterocycles. The van der Waals surface area contributed by atoms with Crippen LogP contribution >= 0.6 is 11.3 Å². The minimum Gasteiger partial charge on any atom is -0.383 e. The van der Waals surface area contributed by atoms with E-state index in [1.165, 1.54) is 53.4 Å². The van der Waals surface area contributed by atoms with Crippen molar-refractivity contribution in [2.75, 3.05) is 12.3 Å². The van der Waals surface area contributed by atoms with E-state index in [1.807, 2.05) is 13.0 Å². The molecule has 1 atom stereocenters. The smallest absolute Gasteiger partial charge is 0.208 e. The second-order valence-electron chi connectivity index (χ2n) is 7.51. The fourth-order valence-corrected chi connectivity index (χ4v) is 4.91. The van der Waals surface area contributed by atoms with Crippen molar-refractivity contribution in [3.8, 4) is 0 Å². The number of anilines is 1. The zero-order valence-electron chi connectivity index (χ0n) is 15.6. The number of nitrogens with zero attached hydrogens (tertiary/aromatic N) is 2. The third-order valence-electron chi connectivity index (χ3n) is 5.61. The molecule has 0 saturated heterocycles. The monoisotopic (exact) mass is 391 g/mol. The fourth-order valence-electron chi connectivity index (χ4n) is 3.90. The summed E-state index contributed by atoms with van der Waals surface area (Å²) in [6.07, 6.45) is 6.20. The Morgan fingerprint density at radius 2 is 2.11 bits per heavy atom. The van der Waals surface area contributed by atoms with E-state index in [4.69, 9.17) is 10.5 Å². The molecule has 1 aliphatic carbocycles. The molecule has 1 unspecified atom stereocenters. The summed E-state index contributed by atoms with van der Waals surface area (Å²) in [4.78, 5) is 22.5. The highest BCUT2D eigenvalue weighted by Gasteiger charge is 2.30. The molecule has 5 rings (SSSR count). The van der Waals surface area contributed by atoms with Crippen LogP contribution in [0.3, 0.4) is 0 Å². The van der Waals surface area contributed by atoms with Crippen molar-refractivity contribution in [3.63, 3.8) is 0 Å². The number of nitrogens with two attached hydrogens (primary N) is 1. The van der Waals surface area contributed by atoms with E-state index in [0.29, 0.717) is 23.0 Å². The molecule has 28 heavy (non-hydrogen) atoms. The highest BCUT2D eigenvalue weighted by molar-refractivity contribution is 7.14. The third-order valence-corrected chi connectivity index (χ3v) is 6.67. The SMILES string of the molecule is Cc1sc(C(=O)c2cncnc2N)cc1C1OCCc2ccc(C3CC3)cc21. The number of carbonyl (C=O) groups is 1. The summed E-state index contributed by atoms with van der Waals surface area (Å²) in [7, 11) is 0. The molecule has 0 radical (unpaired) electrons. The van der Waals surface area contributed by atoms with Gasteiger partial charge in [-0.1, -0.05) is 18.2 Å². The quantitative estimate of drug-likeness (QED) is 0.675. The Kier molecular flexibility index (Phi) is 4.25. The van der Waals surface area contributed by atoms with Crippen LogP contribution in [-0.2, 0) is 11.2 Å². The third kappa shape index (κ3) is 3.02. The first-order chi connectivity index (χ1) is 13.6. The zero-order valence-corrected chi connectivity index (χ0v) is 16.5. The van der Waals surface area contributed by atoms with Gasteiger partial charge in [-0.05, 0) is 60.4 Å². The largest absolute Gasteiger partial charge is 0.383 e. The summed E-state index contributed by atoms with van der Waals surface area (Å²) in [6, 6.07) is 8.80. The predicted octanol–water partition coefficient (Wildman–Crippen LogP) is 4.20. The van der Waals surface area contributed by atoms with Gasteiger partial charge in [0.25, 0.3) is 0 Å². The number of fused-ring (bicyclic) bond motifs is 1. The highest BCUT2D eigenvalue weighted by atomic mass is 32.1. The van der Waals surface area contributed by atoms with Crippen molar-refractivity contribution in [1.29, 1.82) is 0 Å². The Labute approximate surface area is 167 Å². The van der Waals surface area contributed by atoms with Crippen molar-refractivity contribution < 1.29 is 9.53 Å². The van der Waals surface area contributed by atoms with E-state index in [0.717, 1.165) is 16.9 Å². The maximum absolute atomic E-state index is 12.9. The number of thiophene rings is 1. The molecule has 142 valence electrons. The number of ketones is 1. The summed E-state index contributed by atoms with van der Waals surface area (Å²) in [5, 5.41) is 0. The Bertz CT molecular complexity index is 1070. The van der Waals surface area contributed by atoms with Gasteiger partial charge in [0, 0.05) is 11.1 Å². The first-order valence-corrected chi connectivity index (χ1v) is 10.4. The van der Waals surface area contributed by atoms with Crippen LogP contribution in [0.4, 0.5) is 5.82 Å². The number of benzene rings is 1. The minimum atomic E-state index is -0.139. The average molecular weight is 391 g/mol. The lowest BCUT2D eigenvalue weighted by Gasteiger charge is -2.27. The lowest BCUT2D eigenvalue weighted by Crippen LogP contribution is -2.18. The molecule has 1 saturated carbocycles. The number of ether oxygens (including phenoxy) is 1. The number of rotatable bonds is 4. The highest BCUT2D eigenvalue weighted by Crippen LogP contribution is 2.44. The lowest BCUT2D eigenvalue weighted by molar-refractivity contribution is 0.0697. The number of aryl methyl sites for hydroxylation is 1. The van der Waals surface area contributed by atoms with Gasteiger partial charge in [-0.15, -0.1) is 11.3 Å². The molecule has 3 aromatic rings. The molecule has 0 amide bonds. The fraction of sp³-hybridized carbons (Fsp3) is 0.318. The van der Waals surface area contributed by atoms with Crippen LogP contribution in [0.2, 0.25) is 0 Å². The molecule has 1 aliphatic heterocycles. The van der Waals surface area contributed by atoms with Crippen molar-refractivity contribution in [2.24, 2.45) is 0 Å². The zero-order chi connectivity index (χ0) is 19.3. The van der Waals surface area contributed by atoms with Gasteiger partial charge in [0.05, 0.1) is 17.0 Å². The molecule has 0 spiro atoms. The summed E-state index contributed by atoms with van der Waals surface area (Å²) < 4.78 is 6.19. The topological polar surface area (TPSA) is 78.1 Å². The van der Waals surface area contributed by atoms with Crippen molar-refractivity contribution in [1.82, 2.24) is 9.97 Å². The van der Waals surface area contributed by atoms with Gasteiger partial charge < -0.3 is 10.5 Å². The summed E-state index contributed by atoms with van der Waals surface area (Å²) >= 11 is 1.48. The number of aromatic nitrogens is 2. The average Bonchev–Trinajstić information content (AvgIpc) is 3.49. The van der Waals surface area contributed by atoms with Crippen LogP contribution in [0, 0.1) is 6.92 Å². The molecule has 6 heteroatoms. The molecule has 5 nitrogen and oxygen atoms in total. The number of nitrogen functional groups attached to an aromatic ring is 1. The van der Waals surface area contributed by atoms with Crippen LogP contribution in [0.5, 0.6) is 0 Å². The van der Waals surface area contributed by atoms with E-state index in [2.05, 4.69) is 28.2 Å². The Hall–Kier alpha value is -2.57. The molecular formula is C22H21N3O2S. The van der Waals surface area contributed by atoms with Crippen LogP contribution in [-0.4, -0.2) is 22.4 Å². The Morgan fingerprint density at radius 3 is 2.89 bits per heavy atom. The first-order valence-electron chi connectivity index (χ1n) is 9.56. The molecular weight excluding hydrogens is 370 g/mol. The van der Waals surface area contributed by atoms with E-state index in [1.54, 1.807) is 0 Å². The second-order valence-corrected chi connectivity index (χ2v) is 8.76. The normalized spacial score (nSPS) is 18.7. The van der Waals surface area contributed by atoms with Crippen molar-refractivity contribution >= 4 is 22.9 Å². The van der Waals surface area contributed by atoms with Crippen molar-refractivity contribution in [2.45, 2.75) is 38.2 Å². The minimum absolute atomic E-state index is 0.121. The van der Waals surface area contributed by atoms with Gasteiger partial charge in [0.1, 0.15) is 18.2 Å². The van der Waals surface area contributed by atoms with Crippen LogP contribution < -0.4 is 5.73 Å². The van der Waals surface area contributed by atoms with Gasteiger partial charge in [-0.2, -0.15) is 0 Å². The summed E-state index contributed by atoms with van der Waals surface area (Å²) in [5.41, 5.74) is 11.3. The molecule has 0 bridgehead atoms. The Balaban J connectivity index is 1.53. The summed E-state index contributed by atoms with van der Waals surface area (Å²) in [6.45, 7) is 2.74. The van der Waals surface area contributed by atoms with Gasteiger partial charge in [-0.25, -0.2) is 9.97 Å². The first kappa shape index (κ1) is 17.5. The van der Waals surface area contributed by atoms with Gasteiger partial charge >= 0.3 is 0 Å². The van der Waals surface area contributed by atoms with E-state index in [-0.39, 0.29) is 17.7 Å². The van der Waals surface area contributed by atoms with Crippen molar-refractivity contribution in [3.05, 3.63) is 74.4 Å². The molecule has 2 aromatic heterocycles. The Morgan fingerprint density at radius 1 is 1.25 bits per heavy atom. The molecule has 1 fully saturated rings. The maximum Gasteiger partial charge on any atom is 0.208 e. The van der Waals surface area contributed by atoms with E-state index in [9.17, 15) is 4.79 Å². The van der Waals surface area contributed by atoms with Gasteiger partial charge in [0.2, 0.25) is 5.78 Å². The van der Waals surface area contributed by atoms with Gasteiger partial charge in [-0.3, -0.25) is 4.79 Å². The van der Waals surface area contributed by atoms with Crippen LogP contribution in [0.1, 0.15) is 67.2 Å². The standard InChI is InChI=1S/C22H21N3O2S/c1-12-16(9-19(28-12)20(26)18-10-24-11-25-22(18)23)21-17-8-15(13-2-3-13)5-4-14(17)6-7-27-21/h4-5,8-11,13,21H,2-3,6-7H2,1H3,(H2,23,24,25). The number of carbonyl (C=O) groups excluding carboxylic acids is 1. The number of hydrogen-bond acceptors (Lipinski definition) is 6. The molecule has 2 N–H and O–H groups in total. The van der Waals surface area contributed by atoms with Crippen LogP contribution in [0.25, 0.3) is 0 Å². The van der Waals surface area contributed by atoms with E-state index < -0.39 is 0 Å². The predicted molar refractivity (Wildman–Crippen MR) is 109 cm³/mol. The van der Waals surface area contributed by atoms with Crippen LogP contribution in [0.15, 0.2) is 36.8 Å². The maximum atomic E-state index is 12.9. The second kappa shape index (κ2) is 6.79. The molecule has 1 aromatic carbocycles. The molecule has 2 aliphatic rings. The summed E-state index contributed by atoms with van der Waals surface area (Å²) in [5.74, 6) is 0.774. The lowest BCUT2D eigenvalue weighted by atomic mass is 9.90. The number of hydrogen-bond donors (Lipinski definition) is 1.